The summed E-state index contributed by atoms with van der Waals surface area (Å²) in [4.78, 5) is 4.75. The molecule has 3 heterocycles. The number of hydrogen-bond acceptors (Lipinski definition) is 2. The van der Waals surface area contributed by atoms with Gasteiger partial charge >= 0.3 is 0 Å². The molecule has 0 saturated carbocycles. The summed E-state index contributed by atoms with van der Waals surface area (Å²) in [6.45, 7) is 0. The summed E-state index contributed by atoms with van der Waals surface area (Å²) in [7, 11) is 0. The number of nitrogens with zero attached hydrogens (tertiary/aromatic N) is 2. The number of aromatic nitrogens is 2. The van der Waals surface area contributed by atoms with Crippen LogP contribution in [0.3, 0.4) is 0 Å². The minimum absolute atomic E-state index is 0.987. The molecule has 0 amide bonds. The fourth-order valence-electron chi connectivity index (χ4n) is 5.79. The van der Waals surface area contributed by atoms with Gasteiger partial charge in [0, 0.05) is 54.0 Å². The summed E-state index contributed by atoms with van der Waals surface area (Å²) in [5.74, 6) is 0. The van der Waals surface area contributed by atoms with Crippen molar-refractivity contribution >= 4 is 53.3 Å². The van der Waals surface area contributed by atoms with E-state index in [-0.39, 0.29) is 0 Å². The highest BCUT2D eigenvalue weighted by Gasteiger charge is 2.21. The Morgan fingerprint density at radius 1 is 0.553 bits per heavy atom. The van der Waals surface area contributed by atoms with E-state index in [1.54, 1.807) is 0 Å². The number of para-hydroxylation sites is 2. The molecule has 5 aromatic carbocycles. The lowest BCUT2D eigenvalue weighted by molar-refractivity contribution is 1.18. The molecule has 0 aliphatic carbocycles. The van der Waals surface area contributed by atoms with Crippen LogP contribution in [0.4, 0.5) is 0 Å². The van der Waals surface area contributed by atoms with Crippen LogP contribution in [0.1, 0.15) is 0 Å². The van der Waals surface area contributed by atoms with Gasteiger partial charge in [-0.2, -0.15) is 0 Å². The van der Waals surface area contributed by atoms with Crippen LogP contribution < -0.4 is 0 Å². The lowest BCUT2D eigenvalue weighted by Crippen LogP contribution is -1.93. The third kappa shape index (κ3) is 3.16. The Balaban J connectivity index is 1.58. The van der Waals surface area contributed by atoms with E-state index in [1.165, 1.54) is 58.8 Å². The van der Waals surface area contributed by atoms with Crippen molar-refractivity contribution in [1.82, 2.24) is 9.55 Å². The zero-order valence-corrected chi connectivity index (χ0v) is 21.3. The average molecular weight is 503 g/mol. The molecule has 0 aliphatic rings. The van der Waals surface area contributed by atoms with E-state index < -0.39 is 0 Å². The quantitative estimate of drug-likeness (QED) is 0.235. The van der Waals surface area contributed by atoms with Crippen molar-refractivity contribution in [2.45, 2.75) is 0 Å². The molecular weight excluding hydrogens is 480 g/mol. The lowest BCUT2D eigenvalue weighted by atomic mass is 9.96. The molecule has 178 valence electrons. The van der Waals surface area contributed by atoms with Crippen molar-refractivity contribution in [1.29, 1.82) is 0 Å². The fraction of sp³-hybridized carbons (Fsp3) is 0. The molecular formula is C35H22N2S. The number of fused-ring (bicyclic) bond motifs is 6. The standard InChI is InChI=1S/C35H22N2S/c1-3-11-23(12-4-1)29-21-24(19-20-36-29)33-34-27-16-7-9-17-30(27)37(25-13-5-2-6-14-25)31(34)22-28-26-15-8-10-18-32(26)38-35(28)33/h1-22H. The van der Waals surface area contributed by atoms with Gasteiger partial charge in [-0.05, 0) is 48.0 Å². The fourth-order valence-corrected chi connectivity index (χ4v) is 7.04. The molecule has 0 radical (unpaired) electrons. The van der Waals surface area contributed by atoms with Gasteiger partial charge in [-0.3, -0.25) is 4.98 Å². The molecule has 2 nitrogen and oxygen atoms in total. The second kappa shape index (κ2) is 8.41. The van der Waals surface area contributed by atoms with E-state index in [4.69, 9.17) is 4.98 Å². The Bertz CT molecular complexity index is 2120. The van der Waals surface area contributed by atoms with Crippen molar-refractivity contribution in [3.05, 3.63) is 134 Å². The molecule has 38 heavy (non-hydrogen) atoms. The summed E-state index contributed by atoms with van der Waals surface area (Å²) in [5.41, 5.74) is 8.20. The SMILES string of the molecule is c1ccc(-c2cc(-c3c4sc5ccccc5c4cc4c3c3ccccc3n4-c3ccccc3)ccn2)cc1. The van der Waals surface area contributed by atoms with E-state index in [2.05, 4.69) is 126 Å². The molecule has 8 rings (SSSR count). The number of hydrogen-bond donors (Lipinski definition) is 0. The molecule has 0 aliphatic heterocycles. The van der Waals surface area contributed by atoms with Gasteiger partial charge in [0.15, 0.2) is 0 Å². The molecule has 3 aromatic heterocycles. The largest absolute Gasteiger partial charge is 0.309 e. The minimum Gasteiger partial charge on any atom is -0.309 e. The minimum atomic E-state index is 0.987. The summed E-state index contributed by atoms with van der Waals surface area (Å²) >= 11 is 1.88. The number of pyridine rings is 1. The van der Waals surface area contributed by atoms with Gasteiger partial charge in [0.25, 0.3) is 0 Å². The highest BCUT2D eigenvalue weighted by molar-refractivity contribution is 7.26. The van der Waals surface area contributed by atoms with Crippen LogP contribution in [0.25, 0.3) is 70.0 Å². The maximum absolute atomic E-state index is 4.75. The summed E-state index contributed by atoms with van der Waals surface area (Å²) < 4.78 is 5.04. The predicted octanol–water partition coefficient (Wildman–Crippen LogP) is 9.88. The van der Waals surface area contributed by atoms with Crippen LogP contribution in [0.15, 0.2) is 134 Å². The maximum Gasteiger partial charge on any atom is 0.0708 e. The highest BCUT2D eigenvalue weighted by Crippen LogP contribution is 2.47. The number of benzene rings is 5. The summed E-state index contributed by atoms with van der Waals surface area (Å²) in [5, 5.41) is 5.15. The lowest BCUT2D eigenvalue weighted by Gasteiger charge is -2.11. The Kier molecular flexibility index (Phi) is 4.73. The number of rotatable bonds is 3. The van der Waals surface area contributed by atoms with Crippen molar-refractivity contribution in [2.24, 2.45) is 0 Å². The van der Waals surface area contributed by atoms with E-state index in [1.807, 2.05) is 23.6 Å². The Morgan fingerprint density at radius 2 is 1.26 bits per heavy atom. The Morgan fingerprint density at radius 3 is 2.11 bits per heavy atom. The van der Waals surface area contributed by atoms with E-state index in [0.29, 0.717) is 0 Å². The average Bonchev–Trinajstić information content (AvgIpc) is 3.52. The van der Waals surface area contributed by atoms with Gasteiger partial charge < -0.3 is 4.57 Å². The van der Waals surface area contributed by atoms with Crippen molar-refractivity contribution in [3.8, 4) is 28.1 Å². The van der Waals surface area contributed by atoms with Crippen LogP contribution in [0.2, 0.25) is 0 Å². The van der Waals surface area contributed by atoms with Gasteiger partial charge in [0.1, 0.15) is 0 Å². The van der Waals surface area contributed by atoms with E-state index >= 15 is 0 Å². The van der Waals surface area contributed by atoms with Crippen LogP contribution in [0.5, 0.6) is 0 Å². The van der Waals surface area contributed by atoms with E-state index in [0.717, 1.165) is 11.3 Å². The zero-order chi connectivity index (χ0) is 25.1. The first-order valence-electron chi connectivity index (χ1n) is 12.8. The highest BCUT2D eigenvalue weighted by atomic mass is 32.1. The molecule has 0 atom stereocenters. The van der Waals surface area contributed by atoms with Crippen molar-refractivity contribution in [2.75, 3.05) is 0 Å². The topological polar surface area (TPSA) is 17.8 Å². The van der Waals surface area contributed by atoms with Gasteiger partial charge in [-0.1, -0.05) is 84.9 Å². The molecule has 3 heteroatoms. The van der Waals surface area contributed by atoms with Crippen molar-refractivity contribution in [3.63, 3.8) is 0 Å². The third-order valence-electron chi connectivity index (χ3n) is 7.44. The van der Waals surface area contributed by atoms with Gasteiger partial charge in [-0.15, -0.1) is 11.3 Å². The Labute approximate surface area is 224 Å². The smallest absolute Gasteiger partial charge is 0.0708 e. The summed E-state index contributed by atoms with van der Waals surface area (Å²) in [6, 6.07) is 45.5. The second-order valence-electron chi connectivity index (χ2n) is 9.60. The molecule has 0 fully saturated rings. The van der Waals surface area contributed by atoms with Crippen LogP contribution >= 0.6 is 11.3 Å². The monoisotopic (exact) mass is 502 g/mol. The molecule has 0 saturated heterocycles. The zero-order valence-electron chi connectivity index (χ0n) is 20.5. The number of thiophene rings is 1. The van der Waals surface area contributed by atoms with Gasteiger partial charge in [0.05, 0.1) is 16.7 Å². The maximum atomic E-state index is 4.75. The summed E-state index contributed by atoms with van der Waals surface area (Å²) in [6.07, 6.45) is 1.95. The third-order valence-corrected chi connectivity index (χ3v) is 8.64. The molecule has 0 spiro atoms. The van der Waals surface area contributed by atoms with E-state index in [9.17, 15) is 0 Å². The predicted molar refractivity (Wildman–Crippen MR) is 162 cm³/mol. The normalized spacial score (nSPS) is 11.7. The first kappa shape index (κ1) is 21.4. The van der Waals surface area contributed by atoms with Gasteiger partial charge in [0.2, 0.25) is 0 Å². The second-order valence-corrected chi connectivity index (χ2v) is 10.7. The first-order chi connectivity index (χ1) is 18.9. The molecule has 8 aromatic rings. The molecule has 0 N–H and O–H groups in total. The first-order valence-corrected chi connectivity index (χ1v) is 13.6. The van der Waals surface area contributed by atoms with Crippen LogP contribution in [0, 0.1) is 0 Å². The molecule has 0 bridgehead atoms. The van der Waals surface area contributed by atoms with Crippen LogP contribution in [-0.4, -0.2) is 9.55 Å². The van der Waals surface area contributed by atoms with Gasteiger partial charge in [-0.25, -0.2) is 0 Å². The molecule has 0 unspecified atom stereocenters. The van der Waals surface area contributed by atoms with Crippen molar-refractivity contribution < 1.29 is 0 Å². The Hall–Kier alpha value is -4.73. The van der Waals surface area contributed by atoms with Crippen LogP contribution in [-0.2, 0) is 0 Å².